The highest BCUT2D eigenvalue weighted by atomic mass is 35.5. The minimum Gasteiger partial charge on any atom is -0.485 e. The summed E-state index contributed by atoms with van der Waals surface area (Å²) in [6.07, 6.45) is 0. The van der Waals surface area contributed by atoms with Crippen LogP contribution < -0.4 is 10.1 Å². The van der Waals surface area contributed by atoms with E-state index in [1.54, 1.807) is 18.2 Å². The van der Waals surface area contributed by atoms with Crippen LogP contribution in [0.4, 0.5) is 5.13 Å². The van der Waals surface area contributed by atoms with Crippen LogP contribution in [0.3, 0.4) is 0 Å². The van der Waals surface area contributed by atoms with E-state index in [-0.39, 0.29) is 0 Å². The number of aromatic nitrogens is 2. The number of hydrogen-bond donors (Lipinski definition) is 1. The molecule has 0 bridgehead atoms. The van der Waals surface area contributed by atoms with Crippen LogP contribution >= 0.6 is 34.5 Å². The van der Waals surface area contributed by atoms with Crippen molar-refractivity contribution in [1.82, 2.24) is 10.2 Å². The summed E-state index contributed by atoms with van der Waals surface area (Å²) in [5.74, 6) is 0.585. The molecular weight excluding hydrogens is 293 g/mol. The Balaban J connectivity index is 1.97. The predicted molar refractivity (Wildman–Crippen MR) is 74.9 cm³/mol. The fraction of sp³-hybridized carbons (Fsp3) is 0.273. The van der Waals surface area contributed by atoms with Gasteiger partial charge in [0, 0.05) is 11.6 Å². The van der Waals surface area contributed by atoms with Crippen LogP contribution in [0.15, 0.2) is 18.2 Å². The summed E-state index contributed by atoms with van der Waals surface area (Å²) in [7, 11) is 0. The van der Waals surface area contributed by atoms with Crippen molar-refractivity contribution in [2.24, 2.45) is 0 Å². The van der Waals surface area contributed by atoms with Crippen molar-refractivity contribution < 1.29 is 4.74 Å². The zero-order valence-electron chi connectivity index (χ0n) is 9.61. The lowest BCUT2D eigenvalue weighted by Gasteiger charge is -2.05. The average molecular weight is 304 g/mol. The molecule has 0 unspecified atom stereocenters. The summed E-state index contributed by atoms with van der Waals surface area (Å²) in [6.45, 7) is 3.16. The first-order valence-corrected chi connectivity index (χ1v) is 6.90. The highest BCUT2D eigenvalue weighted by Gasteiger charge is 2.06. The van der Waals surface area contributed by atoms with Crippen LogP contribution in [0, 0.1) is 0 Å². The molecule has 0 saturated carbocycles. The number of hydrogen-bond acceptors (Lipinski definition) is 5. The van der Waals surface area contributed by atoms with E-state index in [0.717, 1.165) is 16.7 Å². The van der Waals surface area contributed by atoms with Gasteiger partial charge < -0.3 is 10.1 Å². The SMILES string of the molecule is CCNc1nnc(COc2ccc(Cl)cc2Cl)s1. The summed E-state index contributed by atoms with van der Waals surface area (Å²) >= 11 is 13.3. The van der Waals surface area contributed by atoms with E-state index in [2.05, 4.69) is 15.5 Å². The molecule has 1 aromatic heterocycles. The number of nitrogens with zero attached hydrogens (tertiary/aromatic N) is 2. The molecule has 0 spiro atoms. The van der Waals surface area contributed by atoms with Crippen molar-refractivity contribution in [2.75, 3.05) is 11.9 Å². The van der Waals surface area contributed by atoms with Gasteiger partial charge in [0.25, 0.3) is 0 Å². The molecule has 0 aliphatic heterocycles. The third-order valence-corrected chi connectivity index (χ3v) is 3.42. The van der Waals surface area contributed by atoms with Gasteiger partial charge in [-0.05, 0) is 25.1 Å². The van der Waals surface area contributed by atoms with Gasteiger partial charge in [-0.15, -0.1) is 10.2 Å². The van der Waals surface area contributed by atoms with Crippen molar-refractivity contribution in [3.8, 4) is 5.75 Å². The maximum atomic E-state index is 6.00. The largest absolute Gasteiger partial charge is 0.485 e. The topological polar surface area (TPSA) is 47.0 Å². The normalized spacial score (nSPS) is 10.4. The third-order valence-electron chi connectivity index (χ3n) is 2.04. The summed E-state index contributed by atoms with van der Waals surface area (Å²) in [5, 5.41) is 13.7. The number of nitrogens with one attached hydrogen (secondary N) is 1. The molecule has 1 heterocycles. The Morgan fingerprint density at radius 1 is 1.33 bits per heavy atom. The van der Waals surface area contributed by atoms with Crippen molar-refractivity contribution >= 4 is 39.7 Å². The first-order valence-electron chi connectivity index (χ1n) is 5.33. The lowest BCUT2D eigenvalue weighted by molar-refractivity contribution is 0.305. The Labute approximate surface area is 119 Å². The van der Waals surface area contributed by atoms with Crippen LogP contribution in [-0.4, -0.2) is 16.7 Å². The molecule has 1 N–H and O–H groups in total. The third kappa shape index (κ3) is 3.48. The van der Waals surface area contributed by atoms with Gasteiger partial charge >= 0.3 is 0 Å². The molecule has 1 aromatic carbocycles. The Morgan fingerprint density at radius 3 is 2.89 bits per heavy atom. The van der Waals surface area contributed by atoms with Crippen molar-refractivity contribution in [3.63, 3.8) is 0 Å². The summed E-state index contributed by atoms with van der Waals surface area (Å²) in [6, 6.07) is 5.10. The van der Waals surface area contributed by atoms with E-state index in [0.29, 0.717) is 22.4 Å². The van der Waals surface area contributed by atoms with Gasteiger partial charge in [0.1, 0.15) is 12.4 Å². The van der Waals surface area contributed by atoms with Crippen LogP contribution in [0.1, 0.15) is 11.9 Å². The van der Waals surface area contributed by atoms with Gasteiger partial charge in [-0.2, -0.15) is 0 Å². The second-order valence-electron chi connectivity index (χ2n) is 3.39. The highest BCUT2D eigenvalue weighted by Crippen LogP contribution is 2.28. The van der Waals surface area contributed by atoms with Gasteiger partial charge in [-0.3, -0.25) is 0 Å². The van der Waals surface area contributed by atoms with E-state index in [1.165, 1.54) is 11.3 Å². The van der Waals surface area contributed by atoms with Crippen molar-refractivity contribution in [2.45, 2.75) is 13.5 Å². The van der Waals surface area contributed by atoms with Gasteiger partial charge in [0.05, 0.1) is 5.02 Å². The fourth-order valence-electron chi connectivity index (χ4n) is 1.27. The number of anilines is 1. The molecule has 0 aliphatic rings. The first-order chi connectivity index (χ1) is 8.69. The predicted octanol–water partition coefficient (Wildman–Crippen LogP) is 3.86. The van der Waals surface area contributed by atoms with Gasteiger partial charge in [0.15, 0.2) is 5.01 Å². The Bertz CT molecular complexity index is 533. The molecule has 7 heteroatoms. The number of halogens is 2. The van der Waals surface area contributed by atoms with Crippen molar-refractivity contribution in [1.29, 1.82) is 0 Å². The molecule has 2 aromatic rings. The maximum absolute atomic E-state index is 6.00. The smallest absolute Gasteiger partial charge is 0.205 e. The Morgan fingerprint density at radius 2 is 2.17 bits per heavy atom. The molecule has 96 valence electrons. The molecule has 0 amide bonds. The maximum Gasteiger partial charge on any atom is 0.205 e. The minimum atomic E-state index is 0.338. The van der Waals surface area contributed by atoms with Gasteiger partial charge in [-0.25, -0.2) is 0 Å². The second kappa shape index (κ2) is 6.22. The lowest BCUT2D eigenvalue weighted by atomic mass is 10.3. The van der Waals surface area contributed by atoms with E-state index in [1.807, 2.05) is 6.92 Å². The average Bonchev–Trinajstić information content (AvgIpc) is 2.76. The van der Waals surface area contributed by atoms with E-state index < -0.39 is 0 Å². The Hall–Kier alpha value is -1.04. The summed E-state index contributed by atoms with van der Waals surface area (Å²) in [4.78, 5) is 0. The first kappa shape index (κ1) is 13.4. The minimum absolute atomic E-state index is 0.338. The second-order valence-corrected chi connectivity index (χ2v) is 5.30. The van der Waals surface area contributed by atoms with Crippen LogP contribution in [0.2, 0.25) is 10.0 Å². The van der Waals surface area contributed by atoms with E-state index >= 15 is 0 Å². The molecule has 0 aliphatic carbocycles. The summed E-state index contributed by atoms with van der Waals surface area (Å²) in [5.41, 5.74) is 0. The highest BCUT2D eigenvalue weighted by molar-refractivity contribution is 7.15. The standard InChI is InChI=1S/C11H11Cl2N3OS/c1-2-14-11-16-15-10(18-11)6-17-9-4-3-7(12)5-8(9)13/h3-5H,2,6H2,1H3,(H,14,16). The van der Waals surface area contributed by atoms with Crippen molar-refractivity contribution in [3.05, 3.63) is 33.3 Å². The van der Waals surface area contributed by atoms with Crippen LogP contribution in [0.25, 0.3) is 0 Å². The molecule has 18 heavy (non-hydrogen) atoms. The quantitative estimate of drug-likeness (QED) is 0.911. The molecule has 2 rings (SSSR count). The fourth-order valence-corrected chi connectivity index (χ4v) is 2.45. The lowest BCUT2D eigenvalue weighted by Crippen LogP contribution is -1.95. The monoisotopic (exact) mass is 303 g/mol. The summed E-state index contributed by atoms with van der Waals surface area (Å²) < 4.78 is 5.56. The zero-order chi connectivity index (χ0) is 13.0. The van der Waals surface area contributed by atoms with E-state index in [9.17, 15) is 0 Å². The van der Waals surface area contributed by atoms with Gasteiger partial charge in [-0.1, -0.05) is 34.5 Å². The Kier molecular flexibility index (Phi) is 4.63. The van der Waals surface area contributed by atoms with Crippen LogP contribution in [0.5, 0.6) is 5.75 Å². The number of benzene rings is 1. The van der Waals surface area contributed by atoms with E-state index in [4.69, 9.17) is 27.9 Å². The van der Waals surface area contributed by atoms with Crippen LogP contribution in [-0.2, 0) is 6.61 Å². The molecule has 0 fully saturated rings. The number of ether oxygens (including phenoxy) is 1. The molecule has 0 atom stereocenters. The molecular formula is C11H11Cl2N3OS. The number of rotatable bonds is 5. The zero-order valence-corrected chi connectivity index (χ0v) is 11.9. The van der Waals surface area contributed by atoms with Gasteiger partial charge in [0.2, 0.25) is 5.13 Å². The molecule has 4 nitrogen and oxygen atoms in total. The molecule has 0 radical (unpaired) electrons. The molecule has 0 saturated heterocycles.